The monoisotopic (exact) mass is 208 g/mol. The lowest BCUT2D eigenvalue weighted by molar-refractivity contribution is 0.0467. The van der Waals surface area contributed by atoms with Crippen LogP contribution in [0.15, 0.2) is 24.4 Å². The molecule has 1 N–H and O–H groups in total. The van der Waals surface area contributed by atoms with E-state index in [1.165, 1.54) is 4.90 Å². The number of hydrogen-bond acceptors (Lipinski definition) is 3. The van der Waals surface area contributed by atoms with Gasteiger partial charge in [0.15, 0.2) is 0 Å². The smallest absolute Gasteiger partial charge is 0.272 e. The van der Waals surface area contributed by atoms with Crippen molar-refractivity contribution in [1.29, 1.82) is 0 Å². The zero-order chi connectivity index (χ0) is 11.5. The molecule has 1 heterocycles. The zero-order valence-electron chi connectivity index (χ0n) is 9.27. The number of nitrogens with zero attached hydrogens (tertiary/aromatic N) is 2. The fourth-order valence-corrected chi connectivity index (χ4v) is 1.04. The number of aliphatic hydroxyl groups excluding tert-OH is 1. The Hall–Kier alpha value is -1.42. The molecular formula is C11H16N2O2. The van der Waals surface area contributed by atoms with Crippen LogP contribution in [0.1, 0.15) is 24.3 Å². The Bertz CT molecular complexity index is 336. The Labute approximate surface area is 89.6 Å². The van der Waals surface area contributed by atoms with E-state index in [9.17, 15) is 4.79 Å². The molecule has 82 valence electrons. The third-order valence-corrected chi connectivity index (χ3v) is 2.48. The summed E-state index contributed by atoms with van der Waals surface area (Å²) in [5.74, 6) is -0.186. The lowest BCUT2D eigenvalue weighted by Gasteiger charge is -2.33. The summed E-state index contributed by atoms with van der Waals surface area (Å²) in [4.78, 5) is 17.4. The van der Waals surface area contributed by atoms with Crippen LogP contribution >= 0.6 is 0 Å². The molecule has 15 heavy (non-hydrogen) atoms. The van der Waals surface area contributed by atoms with Gasteiger partial charge in [-0.2, -0.15) is 0 Å². The molecule has 0 unspecified atom stereocenters. The Morgan fingerprint density at radius 1 is 1.53 bits per heavy atom. The Balaban J connectivity index is 2.87. The Morgan fingerprint density at radius 3 is 2.67 bits per heavy atom. The van der Waals surface area contributed by atoms with Gasteiger partial charge in [0.1, 0.15) is 5.69 Å². The second-order valence-corrected chi connectivity index (χ2v) is 4.05. The van der Waals surface area contributed by atoms with Crippen molar-refractivity contribution in [3.8, 4) is 0 Å². The molecule has 4 nitrogen and oxygen atoms in total. The van der Waals surface area contributed by atoms with Gasteiger partial charge in [-0.05, 0) is 26.0 Å². The Kier molecular flexibility index (Phi) is 3.42. The minimum Gasteiger partial charge on any atom is -0.394 e. The molecule has 0 aliphatic carbocycles. The quantitative estimate of drug-likeness (QED) is 0.803. The van der Waals surface area contributed by atoms with Crippen LogP contribution in [0.4, 0.5) is 0 Å². The lowest BCUT2D eigenvalue weighted by atomic mass is 10.0. The van der Waals surface area contributed by atoms with Gasteiger partial charge in [-0.1, -0.05) is 6.07 Å². The number of hydrogen-bond donors (Lipinski definition) is 1. The van der Waals surface area contributed by atoms with Gasteiger partial charge >= 0.3 is 0 Å². The molecule has 0 saturated carbocycles. The molecule has 0 aromatic carbocycles. The second-order valence-electron chi connectivity index (χ2n) is 4.05. The average molecular weight is 208 g/mol. The van der Waals surface area contributed by atoms with E-state index in [4.69, 9.17) is 5.11 Å². The first kappa shape index (κ1) is 11.7. The summed E-state index contributed by atoms with van der Waals surface area (Å²) in [7, 11) is 1.66. The molecule has 0 aliphatic heterocycles. The number of pyridine rings is 1. The lowest BCUT2D eigenvalue weighted by Crippen LogP contribution is -2.47. The number of carbonyl (C=O) groups is 1. The maximum Gasteiger partial charge on any atom is 0.272 e. The van der Waals surface area contributed by atoms with Crippen molar-refractivity contribution in [3.05, 3.63) is 30.1 Å². The topological polar surface area (TPSA) is 53.4 Å². The fourth-order valence-electron chi connectivity index (χ4n) is 1.04. The molecular weight excluding hydrogens is 192 g/mol. The van der Waals surface area contributed by atoms with Crippen LogP contribution in [0.5, 0.6) is 0 Å². The van der Waals surface area contributed by atoms with Gasteiger partial charge in [0, 0.05) is 13.2 Å². The first-order chi connectivity index (χ1) is 6.99. The molecule has 1 aromatic heterocycles. The predicted octanol–water partition coefficient (Wildman–Crippen LogP) is 0.924. The molecule has 0 atom stereocenters. The van der Waals surface area contributed by atoms with Crippen molar-refractivity contribution in [3.63, 3.8) is 0 Å². The summed E-state index contributed by atoms with van der Waals surface area (Å²) in [6.07, 6.45) is 1.58. The fraction of sp³-hybridized carbons (Fsp3) is 0.455. The first-order valence-electron chi connectivity index (χ1n) is 4.79. The highest BCUT2D eigenvalue weighted by Crippen LogP contribution is 2.13. The molecule has 0 spiro atoms. The first-order valence-corrected chi connectivity index (χ1v) is 4.79. The van der Waals surface area contributed by atoms with E-state index in [0.29, 0.717) is 5.69 Å². The van der Waals surface area contributed by atoms with E-state index >= 15 is 0 Å². The molecule has 0 fully saturated rings. The van der Waals surface area contributed by atoms with E-state index in [1.807, 2.05) is 0 Å². The summed E-state index contributed by atoms with van der Waals surface area (Å²) >= 11 is 0. The van der Waals surface area contributed by atoms with E-state index in [1.54, 1.807) is 45.3 Å². The summed E-state index contributed by atoms with van der Waals surface area (Å²) in [5, 5.41) is 9.15. The van der Waals surface area contributed by atoms with Crippen molar-refractivity contribution >= 4 is 5.91 Å². The normalized spacial score (nSPS) is 11.2. The minimum absolute atomic E-state index is 0.0813. The number of aromatic nitrogens is 1. The molecule has 4 heteroatoms. The van der Waals surface area contributed by atoms with Crippen molar-refractivity contribution in [2.24, 2.45) is 0 Å². The van der Waals surface area contributed by atoms with E-state index in [0.717, 1.165) is 0 Å². The van der Waals surface area contributed by atoms with Gasteiger partial charge in [-0.3, -0.25) is 9.78 Å². The molecule has 0 saturated heterocycles. The van der Waals surface area contributed by atoms with Gasteiger partial charge in [0.25, 0.3) is 5.91 Å². The van der Waals surface area contributed by atoms with Crippen LogP contribution in [0.25, 0.3) is 0 Å². The van der Waals surface area contributed by atoms with Crippen LogP contribution in [-0.2, 0) is 0 Å². The number of carbonyl (C=O) groups excluding carboxylic acids is 1. The molecule has 1 aromatic rings. The highest BCUT2D eigenvalue weighted by atomic mass is 16.3. The average Bonchev–Trinajstić information content (AvgIpc) is 2.28. The maximum atomic E-state index is 11.9. The number of aliphatic hydroxyl groups is 1. The van der Waals surface area contributed by atoms with E-state index in [-0.39, 0.29) is 12.5 Å². The van der Waals surface area contributed by atoms with E-state index in [2.05, 4.69) is 4.98 Å². The third kappa shape index (κ3) is 2.53. The highest BCUT2D eigenvalue weighted by Gasteiger charge is 2.27. The van der Waals surface area contributed by atoms with Crippen molar-refractivity contribution in [2.75, 3.05) is 13.7 Å². The summed E-state index contributed by atoms with van der Waals surface area (Å²) in [6, 6.07) is 5.18. The van der Waals surface area contributed by atoms with Crippen LogP contribution in [-0.4, -0.2) is 40.1 Å². The van der Waals surface area contributed by atoms with Crippen molar-refractivity contribution < 1.29 is 9.90 Å². The SMILES string of the molecule is CN(C(=O)c1ccccn1)C(C)(C)CO. The number of rotatable bonds is 3. The van der Waals surface area contributed by atoms with Gasteiger partial charge in [0.2, 0.25) is 0 Å². The van der Waals surface area contributed by atoms with Crippen LogP contribution in [0, 0.1) is 0 Å². The van der Waals surface area contributed by atoms with Crippen molar-refractivity contribution in [1.82, 2.24) is 9.88 Å². The standard InChI is InChI=1S/C11H16N2O2/c1-11(2,8-14)13(3)10(15)9-6-4-5-7-12-9/h4-7,14H,8H2,1-3H3. The number of likely N-dealkylation sites (N-methyl/N-ethyl adjacent to an activating group) is 1. The number of amides is 1. The molecule has 0 aliphatic rings. The summed E-state index contributed by atoms with van der Waals surface area (Å²) < 4.78 is 0. The zero-order valence-corrected chi connectivity index (χ0v) is 9.27. The van der Waals surface area contributed by atoms with Crippen LogP contribution < -0.4 is 0 Å². The molecule has 0 radical (unpaired) electrons. The second kappa shape index (κ2) is 4.40. The summed E-state index contributed by atoms with van der Waals surface area (Å²) in [5.41, 5.74) is -0.184. The summed E-state index contributed by atoms with van der Waals surface area (Å²) in [6.45, 7) is 3.52. The highest BCUT2D eigenvalue weighted by molar-refractivity contribution is 5.92. The van der Waals surface area contributed by atoms with Gasteiger partial charge in [-0.25, -0.2) is 0 Å². The molecule has 0 bridgehead atoms. The third-order valence-electron chi connectivity index (χ3n) is 2.48. The largest absolute Gasteiger partial charge is 0.394 e. The van der Waals surface area contributed by atoms with Crippen molar-refractivity contribution in [2.45, 2.75) is 19.4 Å². The van der Waals surface area contributed by atoms with Gasteiger partial charge in [-0.15, -0.1) is 0 Å². The predicted molar refractivity (Wildman–Crippen MR) is 57.5 cm³/mol. The maximum absolute atomic E-state index is 11.9. The van der Waals surface area contributed by atoms with E-state index < -0.39 is 5.54 Å². The molecule has 1 rings (SSSR count). The van der Waals surface area contributed by atoms with Crippen LogP contribution in [0.2, 0.25) is 0 Å². The minimum atomic E-state index is -0.575. The van der Waals surface area contributed by atoms with Crippen LogP contribution in [0.3, 0.4) is 0 Å². The Morgan fingerprint density at radius 2 is 2.20 bits per heavy atom. The molecule has 1 amide bonds. The van der Waals surface area contributed by atoms with Gasteiger partial charge in [0.05, 0.1) is 12.1 Å². The van der Waals surface area contributed by atoms with Gasteiger partial charge < -0.3 is 10.0 Å².